The molecule has 0 aliphatic heterocycles. The first-order chi connectivity index (χ1) is 10.7. The normalized spacial score (nSPS) is 10.4. The minimum Gasteiger partial charge on any atom is -0.476 e. The van der Waals surface area contributed by atoms with Gasteiger partial charge in [-0.05, 0) is 24.3 Å². The molecule has 0 bridgehead atoms. The molecule has 0 amide bonds. The molecule has 0 radical (unpaired) electrons. The third kappa shape index (κ3) is 2.47. The summed E-state index contributed by atoms with van der Waals surface area (Å²) in [6.07, 6.45) is 5.60. The largest absolute Gasteiger partial charge is 0.476 e. The maximum Gasteiger partial charge on any atom is 0.355 e. The van der Waals surface area contributed by atoms with Crippen molar-refractivity contribution in [2.24, 2.45) is 0 Å². The average Bonchev–Trinajstić information content (AvgIpc) is 3.09. The maximum atomic E-state index is 12.2. The van der Waals surface area contributed by atoms with Crippen molar-refractivity contribution in [3.8, 4) is 11.4 Å². The number of ketones is 1. The number of carbonyl (C=O) groups is 2. The van der Waals surface area contributed by atoms with Crippen LogP contribution in [0, 0.1) is 0 Å². The summed E-state index contributed by atoms with van der Waals surface area (Å²) < 4.78 is 4.99. The van der Waals surface area contributed by atoms with E-state index in [0.717, 1.165) is 0 Å². The first kappa shape index (κ1) is 13.6. The predicted octanol–water partition coefficient (Wildman–Crippen LogP) is 2.06. The summed E-state index contributed by atoms with van der Waals surface area (Å²) >= 11 is 0. The molecule has 3 heterocycles. The van der Waals surface area contributed by atoms with Crippen LogP contribution in [0.5, 0.6) is 0 Å². The van der Waals surface area contributed by atoms with E-state index in [9.17, 15) is 14.7 Å². The van der Waals surface area contributed by atoms with Crippen molar-refractivity contribution in [1.82, 2.24) is 15.0 Å². The van der Waals surface area contributed by atoms with Crippen LogP contribution < -0.4 is 0 Å². The summed E-state index contributed by atoms with van der Waals surface area (Å²) in [5.41, 5.74) is 0.0485. The molecular weight excluding hydrogens is 286 g/mol. The Hall–Kier alpha value is -3.35. The molecule has 3 aromatic heterocycles. The minimum atomic E-state index is -1.32. The molecule has 0 aliphatic carbocycles. The lowest BCUT2D eigenvalue weighted by atomic mass is 10.1. The molecule has 3 aromatic rings. The molecule has 0 saturated heterocycles. The topological polar surface area (TPSA) is 106 Å². The summed E-state index contributed by atoms with van der Waals surface area (Å²) in [5.74, 6) is -1.69. The quantitative estimate of drug-likeness (QED) is 0.734. The molecule has 0 unspecified atom stereocenters. The SMILES string of the molecule is O=C(c1ccco1)c1cnc(-c2cccnc2)nc1C(=O)O. The molecule has 0 saturated carbocycles. The van der Waals surface area contributed by atoms with E-state index >= 15 is 0 Å². The van der Waals surface area contributed by atoms with Gasteiger partial charge in [-0.1, -0.05) is 0 Å². The molecule has 108 valence electrons. The third-order valence-electron chi connectivity index (χ3n) is 2.90. The first-order valence-electron chi connectivity index (χ1n) is 6.26. The number of nitrogens with zero attached hydrogens (tertiary/aromatic N) is 3. The van der Waals surface area contributed by atoms with Crippen LogP contribution in [0.4, 0.5) is 0 Å². The molecular formula is C15H9N3O4. The van der Waals surface area contributed by atoms with Crippen LogP contribution in [0.2, 0.25) is 0 Å². The molecule has 22 heavy (non-hydrogen) atoms. The zero-order valence-electron chi connectivity index (χ0n) is 11.1. The highest BCUT2D eigenvalue weighted by Gasteiger charge is 2.23. The van der Waals surface area contributed by atoms with E-state index in [1.807, 2.05) is 0 Å². The van der Waals surface area contributed by atoms with E-state index in [-0.39, 0.29) is 22.8 Å². The Bertz CT molecular complexity index is 829. The van der Waals surface area contributed by atoms with Crippen LogP contribution in [-0.4, -0.2) is 31.8 Å². The van der Waals surface area contributed by atoms with Crippen molar-refractivity contribution >= 4 is 11.8 Å². The fraction of sp³-hybridized carbons (Fsp3) is 0. The number of aromatic nitrogens is 3. The Kier molecular flexibility index (Phi) is 3.45. The van der Waals surface area contributed by atoms with Crippen molar-refractivity contribution in [3.63, 3.8) is 0 Å². The van der Waals surface area contributed by atoms with Crippen LogP contribution in [0.1, 0.15) is 26.6 Å². The van der Waals surface area contributed by atoms with Crippen molar-refractivity contribution in [2.75, 3.05) is 0 Å². The van der Waals surface area contributed by atoms with Gasteiger partial charge >= 0.3 is 5.97 Å². The van der Waals surface area contributed by atoms with E-state index in [2.05, 4.69) is 15.0 Å². The number of pyridine rings is 1. The van der Waals surface area contributed by atoms with Crippen LogP contribution in [-0.2, 0) is 0 Å². The van der Waals surface area contributed by atoms with Crippen LogP contribution in [0.25, 0.3) is 11.4 Å². The van der Waals surface area contributed by atoms with E-state index < -0.39 is 11.8 Å². The molecule has 0 aromatic carbocycles. The smallest absolute Gasteiger partial charge is 0.355 e. The second-order valence-corrected chi connectivity index (χ2v) is 4.31. The lowest BCUT2D eigenvalue weighted by Crippen LogP contribution is -2.13. The Morgan fingerprint density at radius 2 is 2.00 bits per heavy atom. The van der Waals surface area contributed by atoms with Gasteiger partial charge < -0.3 is 9.52 Å². The van der Waals surface area contributed by atoms with Gasteiger partial charge in [-0.15, -0.1) is 0 Å². The Labute approximate surface area is 124 Å². The van der Waals surface area contributed by atoms with E-state index in [1.54, 1.807) is 24.4 Å². The van der Waals surface area contributed by atoms with Gasteiger partial charge in [0.25, 0.3) is 0 Å². The zero-order chi connectivity index (χ0) is 15.5. The van der Waals surface area contributed by atoms with Crippen LogP contribution in [0.3, 0.4) is 0 Å². The fourth-order valence-corrected chi connectivity index (χ4v) is 1.89. The molecule has 0 atom stereocenters. The molecule has 7 heteroatoms. The van der Waals surface area contributed by atoms with Gasteiger partial charge in [-0.25, -0.2) is 14.8 Å². The standard InChI is InChI=1S/C15H9N3O4/c19-13(11-4-2-6-22-11)10-8-17-14(18-12(10)15(20)21)9-3-1-5-16-7-9/h1-8H,(H,20,21). The summed E-state index contributed by atoms with van der Waals surface area (Å²) in [4.78, 5) is 35.6. The lowest BCUT2D eigenvalue weighted by Gasteiger charge is -2.05. The van der Waals surface area contributed by atoms with Crippen LogP contribution >= 0.6 is 0 Å². The molecule has 0 fully saturated rings. The van der Waals surface area contributed by atoms with Gasteiger partial charge in [0, 0.05) is 24.2 Å². The van der Waals surface area contributed by atoms with E-state index in [0.29, 0.717) is 5.56 Å². The molecule has 0 spiro atoms. The number of carboxylic acids is 1. The molecule has 7 nitrogen and oxygen atoms in total. The minimum absolute atomic E-state index is 0.0280. The van der Waals surface area contributed by atoms with Crippen molar-refractivity contribution in [2.45, 2.75) is 0 Å². The van der Waals surface area contributed by atoms with Gasteiger partial charge in [-0.2, -0.15) is 0 Å². The predicted molar refractivity (Wildman–Crippen MR) is 74.4 cm³/mol. The molecule has 0 aliphatic rings. The number of rotatable bonds is 4. The second kappa shape index (κ2) is 5.57. The zero-order valence-corrected chi connectivity index (χ0v) is 11.1. The Morgan fingerprint density at radius 3 is 2.64 bits per heavy atom. The molecule has 3 rings (SSSR count). The second-order valence-electron chi connectivity index (χ2n) is 4.31. The number of carbonyl (C=O) groups excluding carboxylic acids is 1. The van der Waals surface area contributed by atoms with Crippen molar-refractivity contribution < 1.29 is 19.1 Å². The van der Waals surface area contributed by atoms with Crippen molar-refractivity contribution in [3.05, 3.63) is 66.1 Å². The molecule has 1 N–H and O–H groups in total. The fourth-order valence-electron chi connectivity index (χ4n) is 1.89. The summed E-state index contributed by atoms with van der Waals surface area (Å²) in [6.45, 7) is 0. The third-order valence-corrected chi connectivity index (χ3v) is 2.90. The first-order valence-corrected chi connectivity index (χ1v) is 6.26. The number of aromatic carboxylic acids is 1. The van der Waals surface area contributed by atoms with Crippen LogP contribution in [0.15, 0.2) is 53.5 Å². The van der Waals surface area contributed by atoms with E-state index in [1.165, 1.54) is 24.7 Å². The maximum absolute atomic E-state index is 12.2. The van der Waals surface area contributed by atoms with E-state index in [4.69, 9.17) is 4.42 Å². The summed E-state index contributed by atoms with van der Waals surface area (Å²) in [7, 11) is 0. The summed E-state index contributed by atoms with van der Waals surface area (Å²) in [6, 6.07) is 6.37. The summed E-state index contributed by atoms with van der Waals surface area (Å²) in [5, 5.41) is 9.29. The lowest BCUT2D eigenvalue weighted by molar-refractivity contribution is 0.0685. The monoisotopic (exact) mass is 295 g/mol. The number of furan rings is 1. The Balaban J connectivity index is 2.09. The number of carboxylic acid groups (broad SMARTS) is 1. The van der Waals surface area contributed by atoms with Gasteiger partial charge in [0.2, 0.25) is 5.78 Å². The van der Waals surface area contributed by atoms with Gasteiger partial charge in [-0.3, -0.25) is 9.78 Å². The Morgan fingerprint density at radius 1 is 1.14 bits per heavy atom. The highest BCUT2D eigenvalue weighted by molar-refractivity contribution is 6.12. The van der Waals surface area contributed by atoms with Gasteiger partial charge in [0.05, 0.1) is 11.8 Å². The van der Waals surface area contributed by atoms with Gasteiger partial charge in [0.1, 0.15) is 0 Å². The highest BCUT2D eigenvalue weighted by atomic mass is 16.4. The highest BCUT2D eigenvalue weighted by Crippen LogP contribution is 2.18. The van der Waals surface area contributed by atoms with Crippen molar-refractivity contribution in [1.29, 1.82) is 0 Å². The number of hydrogen-bond donors (Lipinski definition) is 1. The average molecular weight is 295 g/mol. The van der Waals surface area contributed by atoms with Gasteiger partial charge in [0.15, 0.2) is 17.3 Å². The number of hydrogen-bond acceptors (Lipinski definition) is 6.